The molecule has 0 aliphatic rings. The summed E-state index contributed by atoms with van der Waals surface area (Å²) in [7, 11) is 0. The summed E-state index contributed by atoms with van der Waals surface area (Å²) in [5, 5.41) is 11.5. The van der Waals surface area contributed by atoms with Crippen molar-refractivity contribution in [2.45, 2.75) is 20.4 Å². The number of rotatable bonds is 3. The molecule has 16 heavy (non-hydrogen) atoms. The molecule has 0 bridgehead atoms. The number of nitrogens with one attached hydrogen (secondary N) is 1. The van der Waals surface area contributed by atoms with Crippen LogP contribution in [0, 0.1) is 13.8 Å². The number of anilines is 1. The minimum Gasteiger partial charge on any atom is -0.381 e. The number of nitrogens with zero attached hydrogens (tertiary/aromatic N) is 2. The van der Waals surface area contributed by atoms with Crippen LogP contribution in [0.2, 0.25) is 0 Å². The van der Waals surface area contributed by atoms with E-state index in [4.69, 9.17) is 0 Å². The highest BCUT2D eigenvalue weighted by atomic mass is 15.1. The van der Waals surface area contributed by atoms with Crippen LogP contribution in [-0.4, -0.2) is 10.2 Å². The van der Waals surface area contributed by atoms with Crippen LogP contribution in [0.25, 0.3) is 0 Å². The SMILES string of the molecule is Cc1cc(CNc2ccccc2)c(C)nn1. The van der Waals surface area contributed by atoms with Crippen molar-refractivity contribution < 1.29 is 0 Å². The predicted molar refractivity (Wildman–Crippen MR) is 65.3 cm³/mol. The Morgan fingerprint density at radius 1 is 1.06 bits per heavy atom. The zero-order valence-corrected chi connectivity index (χ0v) is 9.57. The second-order valence-corrected chi connectivity index (χ2v) is 3.82. The van der Waals surface area contributed by atoms with Crippen molar-refractivity contribution in [1.29, 1.82) is 0 Å². The van der Waals surface area contributed by atoms with E-state index in [2.05, 4.69) is 33.7 Å². The molecular formula is C13H15N3. The molecule has 3 nitrogen and oxygen atoms in total. The number of benzene rings is 1. The van der Waals surface area contributed by atoms with Crippen molar-refractivity contribution in [3.63, 3.8) is 0 Å². The molecular weight excluding hydrogens is 198 g/mol. The van der Waals surface area contributed by atoms with E-state index in [0.717, 1.165) is 23.6 Å². The molecule has 0 atom stereocenters. The summed E-state index contributed by atoms with van der Waals surface area (Å²) < 4.78 is 0. The quantitative estimate of drug-likeness (QED) is 0.851. The van der Waals surface area contributed by atoms with Crippen LogP contribution >= 0.6 is 0 Å². The summed E-state index contributed by atoms with van der Waals surface area (Å²) in [5.41, 5.74) is 4.25. The Balaban J connectivity index is 2.08. The second-order valence-electron chi connectivity index (χ2n) is 3.82. The summed E-state index contributed by atoms with van der Waals surface area (Å²) in [6.45, 7) is 4.72. The van der Waals surface area contributed by atoms with Crippen LogP contribution in [0.4, 0.5) is 5.69 Å². The first kappa shape index (κ1) is 10.6. The molecule has 1 N–H and O–H groups in total. The third kappa shape index (κ3) is 2.57. The maximum atomic E-state index is 4.10. The zero-order valence-electron chi connectivity index (χ0n) is 9.57. The van der Waals surface area contributed by atoms with Gasteiger partial charge in [0.25, 0.3) is 0 Å². The van der Waals surface area contributed by atoms with Crippen LogP contribution in [-0.2, 0) is 6.54 Å². The third-order valence-corrected chi connectivity index (χ3v) is 2.46. The molecule has 0 aliphatic carbocycles. The van der Waals surface area contributed by atoms with Gasteiger partial charge in [-0.1, -0.05) is 18.2 Å². The smallest absolute Gasteiger partial charge is 0.0650 e. The maximum absolute atomic E-state index is 4.10. The lowest BCUT2D eigenvalue weighted by molar-refractivity contribution is 0.903. The molecule has 82 valence electrons. The molecule has 2 rings (SSSR count). The first-order valence-corrected chi connectivity index (χ1v) is 5.34. The second kappa shape index (κ2) is 4.75. The highest BCUT2D eigenvalue weighted by Gasteiger charge is 2.00. The summed E-state index contributed by atoms with van der Waals surface area (Å²) in [4.78, 5) is 0. The predicted octanol–water partition coefficient (Wildman–Crippen LogP) is 2.71. The van der Waals surface area contributed by atoms with Crippen molar-refractivity contribution >= 4 is 5.69 Å². The first-order chi connectivity index (χ1) is 7.75. The molecule has 0 saturated carbocycles. The van der Waals surface area contributed by atoms with Gasteiger partial charge in [-0.15, -0.1) is 0 Å². The number of hydrogen-bond donors (Lipinski definition) is 1. The van der Waals surface area contributed by atoms with Crippen molar-refractivity contribution in [3.05, 3.63) is 53.3 Å². The topological polar surface area (TPSA) is 37.8 Å². The lowest BCUT2D eigenvalue weighted by atomic mass is 10.2. The van der Waals surface area contributed by atoms with Crippen LogP contribution in [0.1, 0.15) is 17.0 Å². The van der Waals surface area contributed by atoms with Crippen LogP contribution in [0.5, 0.6) is 0 Å². The van der Waals surface area contributed by atoms with Gasteiger partial charge in [0.05, 0.1) is 11.4 Å². The average molecular weight is 213 g/mol. The van der Waals surface area contributed by atoms with Gasteiger partial charge in [-0.25, -0.2) is 0 Å². The maximum Gasteiger partial charge on any atom is 0.0650 e. The lowest BCUT2D eigenvalue weighted by Crippen LogP contribution is -2.04. The standard InChI is InChI=1S/C13H15N3/c1-10-8-12(11(2)16-15-10)9-14-13-6-4-3-5-7-13/h3-8,14H,9H2,1-2H3. The van der Waals surface area contributed by atoms with E-state index >= 15 is 0 Å². The Hall–Kier alpha value is -1.90. The van der Waals surface area contributed by atoms with Gasteiger partial charge in [0.1, 0.15) is 0 Å². The average Bonchev–Trinajstić information content (AvgIpc) is 2.32. The first-order valence-electron chi connectivity index (χ1n) is 5.34. The Morgan fingerprint density at radius 3 is 2.56 bits per heavy atom. The summed E-state index contributed by atoms with van der Waals surface area (Å²) in [6, 6.07) is 12.2. The fraction of sp³-hybridized carbons (Fsp3) is 0.231. The minimum atomic E-state index is 0.784. The van der Waals surface area contributed by atoms with Crippen molar-refractivity contribution in [3.8, 4) is 0 Å². The van der Waals surface area contributed by atoms with Gasteiger partial charge in [-0.3, -0.25) is 0 Å². The van der Waals surface area contributed by atoms with Gasteiger partial charge < -0.3 is 5.32 Å². The Bertz CT molecular complexity index is 466. The number of aryl methyl sites for hydroxylation is 2. The van der Waals surface area contributed by atoms with Gasteiger partial charge in [0.2, 0.25) is 0 Å². The molecule has 0 unspecified atom stereocenters. The van der Waals surface area contributed by atoms with Crippen molar-refractivity contribution in [1.82, 2.24) is 10.2 Å². The molecule has 2 aromatic rings. The van der Waals surface area contributed by atoms with Crippen LogP contribution < -0.4 is 5.32 Å². The van der Waals surface area contributed by atoms with E-state index in [0.29, 0.717) is 0 Å². The molecule has 1 aromatic carbocycles. The van der Waals surface area contributed by atoms with E-state index in [9.17, 15) is 0 Å². The van der Waals surface area contributed by atoms with Crippen LogP contribution in [0.3, 0.4) is 0 Å². The van der Waals surface area contributed by atoms with Crippen molar-refractivity contribution in [2.75, 3.05) is 5.32 Å². The zero-order chi connectivity index (χ0) is 11.4. The van der Waals surface area contributed by atoms with Gasteiger partial charge in [0, 0.05) is 12.2 Å². The van der Waals surface area contributed by atoms with E-state index in [-0.39, 0.29) is 0 Å². The largest absolute Gasteiger partial charge is 0.381 e. The Labute approximate surface area is 95.5 Å². The molecule has 0 saturated heterocycles. The molecule has 1 heterocycles. The Morgan fingerprint density at radius 2 is 1.81 bits per heavy atom. The molecule has 0 aliphatic heterocycles. The molecule has 0 radical (unpaired) electrons. The monoisotopic (exact) mass is 213 g/mol. The molecule has 0 spiro atoms. The minimum absolute atomic E-state index is 0.784. The number of hydrogen-bond acceptors (Lipinski definition) is 3. The normalized spacial score (nSPS) is 10.1. The summed E-state index contributed by atoms with van der Waals surface area (Å²) in [5.74, 6) is 0. The molecule has 3 heteroatoms. The lowest BCUT2D eigenvalue weighted by Gasteiger charge is -2.08. The van der Waals surface area contributed by atoms with Gasteiger partial charge in [-0.05, 0) is 37.6 Å². The summed E-state index contributed by atoms with van der Waals surface area (Å²) >= 11 is 0. The van der Waals surface area contributed by atoms with Crippen LogP contribution in [0.15, 0.2) is 36.4 Å². The molecule has 1 aromatic heterocycles. The van der Waals surface area contributed by atoms with E-state index < -0.39 is 0 Å². The summed E-state index contributed by atoms with van der Waals surface area (Å²) in [6.07, 6.45) is 0. The van der Waals surface area contributed by atoms with Gasteiger partial charge >= 0.3 is 0 Å². The van der Waals surface area contributed by atoms with Gasteiger partial charge in [-0.2, -0.15) is 10.2 Å². The van der Waals surface area contributed by atoms with E-state index in [1.54, 1.807) is 0 Å². The fourth-order valence-electron chi connectivity index (χ4n) is 1.54. The fourth-order valence-corrected chi connectivity index (χ4v) is 1.54. The highest BCUT2D eigenvalue weighted by molar-refractivity contribution is 5.43. The van der Waals surface area contributed by atoms with E-state index in [1.807, 2.05) is 32.0 Å². The van der Waals surface area contributed by atoms with Crippen molar-refractivity contribution in [2.24, 2.45) is 0 Å². The molecule has 0 fully saturated rings. The van der Waals surface area contributed by atoms with Gasteiger partial charge in [0.15, 0.2) is 0 Å². The Kier molecular flexibility index (Phi) is 3.15. The van der Waals surface area contributed by atoms with E-state index in [1.165, 1.54) is 5.56 Å². The number of para-hydroxylation sites is 1. The highest BCUT2D eigenvalue weighted by Crippen LogP contribution is 2.10. The third-order valence-electron chi connectivity index (χ3n) is 2.46. The molecule has 0 amide bonds. The number of aromatic nitrogens is 2.